The molecule has 208 valence electrons. The second kappa shape index (κ2) is 9.53. The molecule has 0 radical (unpaired) electrons. The molecule has 0 bridgehead atoms. The lowest BCUT2D eigenvalue weighted by atomic mass is 9.71. The number of ether oxygens (including phenoxy) is 1. The van der Waals surface area contributed by atoms with E-state index in [0.717, 1.165) is 63.9 Å². The lowest BCUT2D eigenvalue weighted by Gasteiger charge is -2.36. The largest absolute Gasteiger partial charge is 0.402 e. The predicted octanol–water partition coefficient (Wildman–Crippen LogP) is 5.48. The summed E-state index contributed by atoms with van der Waals surface area (Å²) >= 11 is 1.75. The maximum atomic E-state index is 13.4. The minimum absolute atomic E-state index is 0.0973. The summed E-state index contributed by atoms with van der Waals surface area (Å²) in [6, 6.07) is 17.7. The van der Waals surface area contributed by atoms with Crippen LogP contribution in [0.2, 0.25) is 0 Å². The van der Waals surface area contributed by atoms with Gasteiger partial charge >= 0.3 is 6.01 Å². The highest BCUT2D eigenvalue weighted by Gasteiger charge is 2.48. The highest BCUT2D eigenvalue weighted by atomic mass is 32.1. The number of aromatic nitrogens is 3. The topological polar surface area (TPSA) is 105 Å². The van der Waals surface area contributed by atoms with Crippen LogP contribution < -0.4 is 15.5 Å². The van der Waals surface area contributed by atoms with Crippen LogP contribution in [0.5, 0.6) is 0 Å². The number of carbonyl (C=O) groups is 1. The lowest BCUT2D eigenvalue weighted by molar-refractivity contribution is -0.116. The molecule has 2 aromatic carbocycles. The first kappa shape index (κ1) is 24.8. The average Bonchev–Trinajstić information content (AvgIpc) is 3.47. The minimum atomic E-state index is -0.725. The number of carbonyl (C=O) groups excluding carboxylic acids is 1. The van der Waals surface area contributed by atoms with Gasteiger partial charge in [-0.05, 0) is 42.5 Å². The Labute approximate surface area is 241 Å². The molecule has 0 spiro atoms. The van der Waals surface area contributed by atoms with Gasteiger partial charge in [0.1, 0.15) is 16.1 Å². The van der Waals surface area contributed by atoms with Crippen LogP contribution in [0.1, 0.15) is 48.7 Å². The van der Waals surface area contributed by atoms with Gasteiger partial charge in [0.05, 0.1) is 18.8 Å². The molecule has 41 heavy (non-hydrogen) atoms. The Bertz CT molecular complexity index is 1660. The molecule has 1 saturated heterocycles. The van der Waals surface area contributed by atoms with Gasteiger partial charge in [0.15, 0.2) is 5.69 Å². The first-order valence-corrected chi connectivity index (χ1v) is 15.0. The van der Waals surface area contributed by atoms with E-state index in [0.29, 0.717) is 24.6 Å². The van der Waals surface area contributed by atoms with E-state index >= 15 is 0 Å². The van der Waals surface area contributed by atoms with E-state index in [1.54, 1.807) is 11.3 Å². The summed E-state index contributed by atoms with van der Waals surface area (Å²) < 4.78 is 12.0. The second-order valence-corrected chi connectivity index (χ2v) is 12.5. The Morgan fingerprint density at radius 1 is 1.10 bits per heavy atom. The van der Waals surface area contributed by atoms with Crippen LogP contribution in [-0.2, 0) is 14.9 Å². The fourth-order valence-electron chi connectivity index (χ4n) is 6.07. The molecule has 8 rings (SSSR count). The van der Waals surface area contributed by atoms with Gasteiger partial charge in [0.25, 0.3) is 11.8 Å². The number of morpholine rings is 1. The van der Waals surface area contributed by atoms with E-state index in [1.165, 1.54) is 6.42 Å². The van der Waals surface area contributed by atoms with Gasteiger partial charge in [-0.15, -0.1) is 16.4 Å². The molecule has 4 aliphatic rings. The van der Waals surface area contributed by atoms with E-state index in [2.05, 4.69) is 32.7 Å². The molecule has 4 heterocycles. The van der Waals surface area contributed by atoms with Crippen LogP contribution >= 0.6 is 11.3 Å². The number of hydrogen-bond acceptors (Lipinski definition) is 9. The summed E-state index contributed by atoms with van der Waals surface area (Å²) in [5, 5.41) is 17.1. The smallest absolute Gasteiger partial charge is 0.316 e. The van der Waals surface area contributed by atoms with Crippen molar-refractivity contribution in [3.63, 3.8) is 0 Å². The van der Waals surface area contributed by atoms with Gasteiger partial charge in [-0.1, -0.05) is 67.0 Å². The Balaban J connectivity index is 1.13. The van der Waals surface area contributed by atoms with Crippen molar-refractivity contribution < 1.29 is 13.9 Å². The number of rotatable bonds is 6. The van der Waals surface area contributed by atoms with Crippen molar-refractivity contribution >= 4 is 39.5 Å². The van der Waals surface area contributed by atoms with Gasteiger partial charge < -0.3 is 24.7 Å². The molecule has 2 aliphatic heterocycles. The van der Waals surface area contributed by atoms with Gasteiger partial charge in [-0.25, -0.2) is 4.98 Å². The Hall–Kier alpha value is -4.02. The number of hydrogen-bond donors (Lipinski definition) is 2. The zero-order valence-corrected chi connectivity index (χ0v) is 23.5. The maximum Gasteiger partial charge on any atom is 0.316 e. The number of anilines is 3. The molecule has 1 amide bonds. The number of para-hydroxylation sites is 1. The number of nitrogens with zero attached hydrogens (tertiary/aromatic N) is 4. The van der Waals surface area contributed by atoms with Crippen molar-refractivity contribution in [1.29, 1.82) is 0 Å². The molecule has 2 aliphatic carbocycles. The molecule has 3 atom stereocenters. The summed E-state index contributed by atoms with van der Waals surface area (Å²) in [4.78, 5) is 20.9. The lowest BCUT2D eigenvalue weighted by Crippen LogP contribution is -2.36. The molecule has 10 heteroatoms. The van der Waals surface area contributed by atoms with Crippen LogP contribution in [-0.4, -0.2) is 52.4 Å². The molecule has 4 aromatic rings. The van der Waals surface area contributed by atoms with Gasteiger partial charge in [-0.2, -0.15) is 0 Å². The van der Waals surface area contributed by atoms with Crippen LogP contribution in [0.3, 0.4) is 0 Å². The first-order valence-electron chi connectivity index (χ1n) is 14.2. The summed E-state index contributed by atoms with van der Waals surface area (Å²) in [6.45, 7) is 3.82. The van der Waals surface area contributed by atoms with E-state index in [1.807, 2.05) is 60.7 Å². The summed E-state index contributed by atoms with van der Waals surface area (Å²) in [7, 11) is 0. The molecule has 0 unspecified atom stereocenters. The van der Waals surface area contributed by atoms with Gasteiger partial charge in [-0.3, -0.25) is 4.79 Å². The third-order valence-electron chi connectivity index (χ3n) is 8.69. The van der Waals surface area contributed by atoms with Crippen molar-refractivity contribution in [2.45, 2.75) is 56.2 Å². The maximum absolute atomic E-state index is 13.4. The van der Waals surface area contributed by atoms with Crippen molar-refractivity contribution in [2.75, 3.05) is 28.7 Å². The molecule has 9 nitrogen and oxygen atoms in total. The Morgan fingerprint density at radius 2 is 1.93 bits per heavy atom. The van der Waals surface area contributed by atoms with Crippen molar-refractivity contribution in [2.24, 2.45) is 0 Å². The first-order chi connectivity index (χ1) is 20.1. The number of amides is 1. The van der Waals surface area contributed by atoms with Gasteiger partial charge in [0.2, 0.25) is 0 Å². The Morgan fingerprint density at radius 3 is 2.76 bits per heavy atom. The number of nitrogens with one attached hydrogen (secondary N) is 2. The minimum Gasteiger partial charge on any atom is -0.402 e. The highest BCUT2D eigenvalue weighted by molar-refractivity contribution is 7.16. The fraction of sp³-hybridized carbons (Fsp3) is 0.355. The third kappa shape index (κ3) is 4.33. The van der Waals surface area contributed by atoms with Crippen LogP contribution in [0.25, 0.3) is 17.2 Å². The fourth-order valence-corrected chi connectivity index (χ4v) is 7.41. The third-order valence-corrected chi connectivity index (χ3v) is 10.1. The van der Waals surface area contributed by atoms with Crippen LogP contribution in [0, 0.1) is 0 Å². The monoisotopic (exact) mass is 566 g/mol. The average molecular weight is 567 g/mol. The SMILES string of the molecule is CC1(c2nc(-c3nnc(N[C@H]4C=C(c5ccccc5)c5ccccc5NC4=O)o3)c(N3CCO[C@H]4C[C@H]43)s2)CCC1. The normalized spacial score (nSPS) is 24.3. The summed E-state index contributed by atoms with van der Waals surface area (Å²) in [5.41, 5.74) is 4.50. The zero-order valence-electron chi connectivity index (χ0n) is 22.7. The molecule has 2 aromatic heterocycles. The summed E-state index contributed by atoms with van der Waals surface area (Å²) in [5.74, 6) is 0.159. The molecule has 3 fully saturated rings. The second-order valence-electron chi connectivity index (χ2n) is 11.5. The van der Waals surface area contributed by atoms with Crippen molar-refractivity contribution in [3.05, 3.63) is 76.8 Å². The van der Waals surface area contributed by atoms with E-state index in [-0.39, 0.29) is 17.3 Å². The standard InChI is InChI=1S/C31H30N6O3S/c1-31(12-7-13-31)29-34-25(28(41-29)37-14-15-39-24-17-23(24)37)27-35-36-30(40-27)33-22-16-20(18-8-3-2-4-9-18)19-10-5-6-11-21(19)32-26(22)38/h2-6,8-11,16,22-24H,7,12-15,17H2,1H3,(H,32,38)(H,33,36)/t22-,23+,24-/m0/s1. The van der Waals surface area contributed by atoms with Gasteiger partial charge in [0, 0.05) is 23.2 Å². The summed E-state index contributed by atoms with van der Waals surface area (Å²) in [6.07, 6.45) is 6.76. The van der Waals surface area contributed by atoms with E-state index in [4.69, 9.17) is 14.1 Å². The van der Waals surface area contributed by atoms with E-state index < -0.39 is 6.04 Å². The van der Waals surface area contributed by atoms with Crippen molar-refractivity contribution in [1.82, 2.24) is 15.2 Å². The quantitative estimate of drug-likeness (QED) is 0.316. The number of thiazole rings is 1. The van der Waals surface area contributed by atoms with Crippen LogP contribution in [0.4, 0.5) is 16.7 Å². The molecular formula is C31H30N6O3S. The molecule has 2 N–H and O–H groups in total. The van der Waals surface area contributed by atoms with Crippen molar-refractivity contribution in [3.8, 4) is 11.6 Å². The zero-order chi connectivity index (χ0) is 27.6. The number of benzene rings is 2. The molecular weight excluding hydrogens is 536 g/mol. The van der Waals surface area contributed by atoms with E-state index in [9.17, 15) is 4.79 Å². The predicted molar refractivity (Wildman–Crippen MR) is 158 cm³/mol. The highest BCUT2D eigenvalue weighted by Crippen LogP contribution is 2.51. The molecule has 2 saturated carbocycles. The Kier molecular flexibility index (Phi) is 5.75. The number of fused-ring (bicyclic) bond motifs is 2. The van der Waals surface area contributed by atoms with Crippen LogP contribution in [0.15, 0.2) is 65.1 Å².